The Balaban J connectivity index is 1.43. The van der Waals surface area contributed by atoms with E-state index in [1.54, 1.807) is 36.4 Å². The van der Waals surface area contributed by atoms with Crippen molar-refractivity contribution in [3.05, 3.63) is 77.9 Å². The van der Waals surface area contributed by atoms with Crippen molar-refractivity contribution < 1.29 is 27.8 Å². The lowest BCUT2D eigenvalue weighted by Gasteiger charge is -2.15. The van der Waals surface area contributed by atoms with Crippen LogP contribution in [0, 0.1) is 11.6 Å². The fraction of sp³-hybridized carbons (Fsp3) is 0.486. The molecule has 0 aliphatic heterocycles. The summed E-state index contributed by atoms with van der Waals surface area (Å²) in [7, 11) is 0. The SMILES string of the molecule is CCCCCCCCCCOc1ccc(C(=O)Oc2ccc(N=Nc3ccc(OC(C)CCCCCC)c(F)c3)cc2)cc1F. The van der Waals surface area contributed by atoms with Crippen LogP contribution in [0.3, 0.4) is 0 Å². The normalized spacial score (nSPS) is 11.9. The maximum atomic E-state index is 14.6. The number of hydrogen-bond acceptors (Lipinski definition) is 6. The minimum absolute atomic E-state index is 0.0711. The highest BCUT2D eigenvalue weighted by molar-refractivity contribution is 5.91. The molecule has 0 spiro atoms. The second-order valence-electron chi connectivity index (χ2n) is 11.4. The smallest absolute Gasteiger partial charge is 0.343 e. The largest absolute Gasteiger partial charge is 0.491 e. The highest BCUT2D eigenvalue weighted by Crippen LogP contribution is 2.27. The molecule has 0 amide bonds. The number of nitrogens with zero attached hydrogens (tertiary/aromatic N) is 2. The number of carbonyl (C=O) groups excluding carboxylic acids is 1. The van der Waals surface area contributed by atoms with Crippen LogP contribution in [-0.2, 0) is 0 Å². The maximum Gasteiger partial charge on any atom is 0.343 e. The van der Waals surface area contributed by atoms with Gasteiger partial charge in [-0.1, -0.05) is 78.1 Å². The van der Waals surface area contributed by atoms with Crippen molar-refractivity contribution >= 4 is 17.3 Å². The van der Waals surface area contributed by atoms with E-state index in [1.165, 1.54) is 63.1 Å². The molecule has 0 fully saturated rings. The summed E-state index contributed by atoms with van der Waals surface area (Å²) in [6, 6.07) is 14.9. The van der Waals surface area contributed by atoms with Crippen molar-refractivity contribution in [2.24, 2.45) is 10.2 Å². The van der Waals surface area contributed by atoms with Gasteiger partial charge < -0.3 is 14.2 Å². The van der Waals surface area contributed by atoms with Crippen molar-refractivity contribution in [3.8, 4) is 17.2 Å². The molecule has 45 heavy (non-hydrogen) atoms. The van der Waals surface area contributed by atoms with E-state index < -0.39 is 17.6 Å². The van der Waals surface area contributed by atoms with Crippen LogP contribution < -0.4 is 14.2 Å². The number of hydrogen-bond donors (Lipinski definition) is 0. The molecular formula is C37H48F2N2O4. The van der Waals surface area contributed by atoms with Crippen LogP contribution in [0.1, 0.15) is 115 Å². The second-order valence-corrected chi connectivity index (χ2v) is 11.4. The van der Waals surface area contributed by atoms with E-state index >= 15 is 0 Å². The molecule has 1 atom stereocenters. The first-order chi connectivity index (χ1) is 21.9. The molecule has 8 heteroatoms. The summed E-state index contributed by atoms with van der Waals surface area (Å²) in [6.07, 6.45) is 14.8. The first kappa shape index (κ1) is 35.7. The van der Waals surface area contributed by atoms with E-state index in [1.807, 2.05) is 6.92 Å². The number of benzene rings is 3. The Morgan fingerprint density at radius 2 is 1.27 bits per heavy atom. The van der Waals surface area contributed by atoms with Crippen molar-refractivity contribution in [2.45, 2.75) is 110 Å². The van der Waals surface area contributed by atoms with E-state index in [2.05, 4.69) is 24.1 Å². The molecule has 3 aromatic rings. The van der Waals surface area contributed by atoms with Gasteiger partial charge in [0.25, 0.3) is 0 Å². The summed E-state index contributed by atoms with van der Waals surface area (Å²) < 4.78 is 45.9. The van der Waals surface area contributed by atoms with E-state index in [4.69, 9.17) is 14.2 Å². The summed E-state index contributed by atoms with van der Waals surface area (Å²) in [4.78, 5) is 12.6. The number of rotatable bonds is 21. The highest BCUT2D eigenvalue weighted by Gasteiger charge is 2.13. The highest BCUT2D eigenvalue weighted by atomic mass is 19.1. The molecule has 3 rings (SSSR count). The van der Waals surface area contributed by atoms with Crippen molar-refractivity contribution in [1.29, 1.82) is 0 Å². The summed E-state index contributed by atoms with van der Waals surface area (Å²) in [6.45, 7) is 6.76. The zero-order chi connectivity index (χ0) is 32.3. The Labute approximate surface area is 267 Å². The van der Waals surface area contributed by atoms with Crippen LogP contribution in [0.15, 0.2) is 70.9 Å². The fourth-order valence-electron chi connectivity index (χ4n) is 4.81. The molecule has 0 aromatic heterocycles. The molecule has 0 saturated carbocycles. The van der Waals surface area contributed by atoms with Crippen LogP contribution in [0.2, 0.25) is 0 Å². The van der Waals surface area contributed by atoms with Gasteiger partial charge in [-0.25, -0.2) is 13.6 Å². The number of carbonyl (C=O) groups is 1. The number of unbranched alkanes of at least 4 members (excludes halogenated alkanes) is 10. The van der Waals surface area contributed by atoms with Gasteiger partial charge >= 0.3 is 5.97 Å². The molecule has 0 aliphatic rings. The molecular weight excluding hydrogens is 574 g/mol. The standard InChI is InChI=1S/C37H48F2N2O4/c1-4-6-8-10-11-12-13-15-25-43-35-23-17-29(26-33(35)38)37(42)45-32-21-18-30(19-22-32)40-41-31-20-24-36(34(39)27-31)44-28(3)16-14-9-7-5-2/h17-24,26-28H,4-16,25H2,1-3H3. The first-order valence-corrected chi connectivity index (χ1v) is 16.5. The van der Waals surface area contributed by atoms with Crippen molar-refractivity contribution in [2.75, 3.05) is 6.61 Å². The van der Waals surface area contributed by atoms with Gasteiger partial charge in [-0.2, -0.15) is 10.2 Å². The Kier molecular flexibility index (Phi) is 16.1. The van der Waals surface area contributed by atoms with Crippen LogP contribution in [-0.4, -0.2) is 18.7 Å². The fourth-order valence-corrected chi connectivity index (χ4v) is 4.81. The van der Waals surface area contributed by atoms with Gasteiger partial charge in [0.2, 0.25) is 0 Å². The molecule has 244 valence electrons. The third kappa shape index (κ3) is 13.4. The van der Waals surface area contributed by atoms with E-state index in [9.17, 15) is 13.6 Å². The monoisotopic (exact) mass is 622 g/mol. The Bertz CT molecular complexity index is 1330. The van der Waals surface area contributed by atoms with Gasteiger partial charge in [-0.05, 0) is 80.8 Å². The van der Waals surface area contributed by atoms with Gasteiger partial charge in [0.1, 0.15) is 5.75 Å². The van der Waals surface area contributed by atoms with E-state index in [0.717, 1.165) is 44.6 Å². The lowest BCUT2D eigenvalue weighted by atomic mass is 10.1. The third-order valence-electron chi connectivity index (χ3n) is 7.46. The molecule has 0 saturated heterocycles. The average molecular weight is 623 g/mol. The van der Waals surface area contributed by atoms with Crippen LogP contribution in [0.4, 0.5) is 20.2 Å². The summed E-state index contributed by atoms with van der Waals surface area (Å²) >= 11 is 0. The van der Waals surface area contributed by atoms with E-state index in [-0.39, 0.29) is 28.9 Å². The summed E-state index contributed by atoms with van der Waals surface area (Å²) in [5.74, 6) is -1.19. The number of ether oxygens (including phenoxy) is 3. The molecule has 1 unspecified atom stereocenters. The van der Waals surface area contributed by atoms with Crippen LogP contribution in [0.5, 0.6) is 17.2 Å². The number of azo groups is 1. The predicted octanol–water partition coefficient (Wildman–Crippen LogP) is 11.9. The average Bonchev–Trinajstić information content (AvgIpc) is 3.03. The number of esters is 1. The van der Waals surface area contributed by atoms with Crippen molar-refractivity contribution in [1.82, 2.24) is 0 Å². The molecule has 0 heterocycles. The molecule has 0 bridgehead atoms. The van der Waals surface area contributed by atoms with Crippen molar-refractivity contribution in [3.63, 3.8) is 0 Å². The predicted molar refractivity (Wildman–Crippen MR) is 175 cm³/mol. The minimum atomic E-state index is -0.689. The Hall–Kier alpha value is -3.81. The Morgan fingerprint density at radius 1 is 0.689 bits per heavy atom. The lowest BCUT2D eigenvalue weighted by Crippen LogP contribution is -2.12. The van der Waals surface area contributed by atoms with E-state index in [0.29, 0.717) is 18.0 Å². The van der Waals surface area contributed by atoms with Gasteiger partial charge in [-0.15, -0.1) is 0 Å². The zero-order valence-electron chi connectivity index (χ0n) is 27.0. The zero-order valence-corrected chi connectivity index (χ0v) is 27.0. The molecule has 0 aliphatic carbocycles. The van der Waals surface area contributed by atoms with Gasteiger partial charge in [0, 0.05) is 6.07 Å². The quantitative estimate of drug-likeness (QED) is 0.0513. The summed E-state index contributed by atoms with van der Waals surface area (Å²) in [5.41, 5.74) is 0.912. The van der Waals surface area contributed by atoms with Crippen LogP contribution in [0.25, 0.3) is 0 Å². The van der Waals surface area contributed by atoms with Gasteiger partial charge in [0.05, 0.1) is 29.6 Å². The molecule has 0 radical (unpaired) electrons. The molecule has 3 aromatic carbocycles. The third-order valence-corrected chi connectivity index (χ3v) is 7.46. The van der Waals surface area contributed by atoms with Gasteiger partial charge in [-0.3, -0.25) is 0 Å². The Morgan fingerprint density at radius 3 is 1.93 bits per heavy atom. The lowest BCUT2D eigenvalue weighted by molar-refractivity contribution is 0.0734. The topological polar surface area (TPSA) is 69.5 Å². The van der Waals surface area contributed by atoms with Gasteiger partial charge in [0.15, 0.2) is 23.1 Å². The maximum absolute atomic E-state index is 14.6. The molecule has 6 nitrogen and oxygen atoms in total. The summed E-state index contributed by atoms with van der Waals surface area (Å²) in [5, 5.41) is 8.24. The number of halogens is 2. The minimum Gasteiger partial charge on any atom is -0.491 e. The second kappa shape index (κ2) is 20.3. The molecule has 0 N–H and O–H groups in total. The first-order valence-electron chi connectivity index (χ1n) is 16.5. The van der Waals surface area contributed by atoms with Crippen LogP contribution >= 0.6 is 0 Å².